The van der Waals surface area contributed by atoms with Crippen LogP contribution in [0.15, 0.2) is 36.4 Å². The molecule has 0 bridgehead atoms. The van der Waals surface area contributed by atoms with Gasteiger partial charge >= 0.3 is 5.97 Å². The van der Waals surface area contributed by atoms with Crippen molar-refractivity contribution in [1.82, 2.24) is 15.3 Å². The van der Waals surface area contributed by atoms with Gasteiger partial charge in [-0.15, -0.1) is 0 Å². The van der Waals surface area contributed by atoms with Crippen LogP contribution in [-0.4, -0.2) is 40.0 Å². The minimum absolute atomic E-state index is 0.126. The molecule has 0 aliphatic rings. The van der Waals surface area contributed by atoms with E-state index in [4.69, 9.17) is 0 Å². The van der Waals surface area contributed by atoms with Gasteiger partial charge in [-0.25, -0.2) is 14.8 Å². The number of carboxylic acid groups (broad SMARTS) is 1. The first-order valence-electron chi connectivity index (χ1n) is 7.10. The van der Waals surface area contributed by atoms with E-state index < -0.39 is 17.9 Å². The Morgan fingerprint density at radius 2 is 1.91 bits per heavy atom. The first kappa shape index (κ1) is 16.4. The number of aromatic nitrogens is 2. The molecule has 0 aliphatic heterocycles. The molecule has 3 N–H and O–H groups in total. The van der Waals surface area contributed by atoms with E-state index in [1.165, 1.54) is 6.07 Å². The molecule has 7 heteroatoms. The third-order valence-corrected chi connectivity index (χ3v) is 3.20. The number of rotatable bonds is 6. The molecule has 0 radical (unpaired) electrons. The molecule has 0 aliphatic carbocycles. The fourth-order valence-corrected chi connectivity index (χ4v) is 2.08. The first-order valence-corrected chi connectivity index (χ1v) is 7.10. The van der Waals surface area contributed by atoms with Crippen LogP contribution >= 0.6 is 0 Å². The molecule has 1 amide bonds. The standard InChI is InChI=1S/C16H18N4O3/c1-10-8-12(20-16(17-2)18-10)14(21)19-13(15(22)23)9-11-6-4-3-5-7-11/h3-8,13H,9H2,1-2H3,(H,19,21)(H,22,23)(H,17,18,20)/t13-/m1/s1. The van der Waals surface area contributed by atoms with Crippen molar-refractivity contribution in [2.45, 2.75) is 19.4 Å². The Morgan fingerprint density at radius 3 is 2.52 bits per heavy atom. The molecule has 1 aromatic heterocycles. The van der Waals surface area contributed by atoms with E-state index in [1.807, 2.05) is 30.3 Å². The van der Waals surface area contributed by atoms with Crippen molar-refractivity contribution in [3.8, 4) is 0 Å². The highest BCUT2D eigenvalue weighted by molar-refractivity contribution is 5.95. The van der Waals surface area contributed by atoms with Gasteiger partial charge in [0.15, 0.2) is 0 Å². The van der Waals surface area contributed by atoms with Crippen LogP contribution in [0, 0.1) is 6.92 Å². The number of aryl methyl sites for hydroxylation is 1. The minimum atomic E-state index is -1.10. The second-order valence-corrected chi connectivity index (χ2v) is 5.02. The number of carbonyl (C=O) groups excluding carboxylic acids is 1. The maximum atomic E-state index is 12.3. The fraction of sp³-hybridized carbons (Fsp3) is 0.250. The number of anilines is 1. The third-order valence-electron chi connectivity index (χ3n) is 3.20. The molecule has 0 spiro atoms. The molecule has 1 aromatic carbocycles. The van der Waals surface area contributed by atoms with Crippen molar-refractivity contribution in [2.24, 2.45) is 0 Å². The highest BCUT2D eigenvalue weighted by Crippen LogP contribution is 2.07. The van der Waals surface area contributed by atoms with Crippen LogP contribution in [0.2, 0.25) is 0 Å². The van der Waals surface area contributed by atoms with Crippen LogP contribution in [0.3, 0.4) is 0 Å². The monoisotopic (exact) mass is 314 g/mol. The summed E-state index contributed by atoms with van der Waals surface area (Å²) in [6.07, 6.45) is 0.199. The van der Waals surface area contributed by atoms with Gasteiger partial charge in [0.25, 0.3) is 5.91 Å². The van der Waals surface area contributed by atoms with E-state index >= 15 is 0 Å². The van der Waals surface area contributed by atoms with Crippen molar-refractivity contribution in [3.63, 3.8) is 0 Å². The number of aliphatic carboxylic acids is 1. The number of hydrogen-bond acceptors (Lipinski definition) is 5. The lowest BCUT2D eigenvalue weighted by Crippen LogP contribution is -2.42. The fourth-order valence-electron chi connectivity index (χ4n) is 2.08. The summed E-state index contributed by atoms with van der Waals surface area (Å²) in [5, 5.41) is 14.6. The summed E-state index contributed by atoms with van der Waals surface area (Å²) in [5.74, 6) is -1.33. The normalized spacial score (nSPS) is 11.6. The summed E-state index contributed by atoms with van der Waals surface area (Å²) >= 11 is 0. The quantitative estimate of drug-likeness (QED) is 0.741. The zero-order valence-electron chi connectivity index (χ0n) is 12.9. The summed E-state index contributed by atoms with van der Waals surface area (Å²) in [6, 6.07) is 9.61. The molecule has 0 saturated carbocycles. The van der Waals surface area contributed by atoms with Gasteiger partial charge in [-0.05, 0) is 18.6 Å². The molecule has 7 nitrogen and oxygen atoms in total. The number of benzene rings is 1. The zero-order chi connectivity index (χ0) is 16.8. The van der Waals surface area contributed by atoms with E-state index in [-0.39, 0.29) is 12.1 Å². The maximum absolute atomic E-state index is 12.3. The summed E-state index contributed by atoms with van der Waals surface area (Å²) in [6.45, 7) is 1.73. The number of nitrogens with zero attached hydrogens (tertiary/aromatic N) is 2. The van der Waals surface area contributed by atoms with Gasteiger partial charge < -0.3 is 15.7 Å². The molecule has 0 fully saturated rings. The van der Waals surface area contributed by atoms with Gasteiger partial charge in [0, 0.05) is 19.2 Å². The Bertz CT molecular complexity index is 704. The van der Waals surface area contributed by atoms with Gasteiger partial charge in [-0.1, -0.05) is 30.3 Å². The van der Waals surface area contributed by atoms with Crippen LogP contribution in [-0.2, 0) is 11.2 Å². The van der Waals surface area contributed by atoms with Crippen LogP contribution in [0.25, 0.3) is 0 Å². The second kappa shape index (κ2) is 7.35. The van der Waals surface area contributed by atoms with Gasteiger partial charge in [0.2, 0.25) is 5.95 Å². The predicted molar refractivity (Wildman–Crippen MR) is 85.4 cm³/mol. The van der Waals surface area contributed by atoms with Crippen molar-refractivity contribution in [3.05, 3.63) is 53.3 Å². The van der Waals surface area contributed by atoms with Crippen molar-refractivity contribution >= 4 is 17.8 Å². The minimum Gasteiger partial charge on any atom is -0.480 e. The van der Waals surface area contributed by atoms with E-state index in [0.717, 1.165) is 5.56 Å². The lowest BCUT2D eigenvalue weighted by atomic mass is 10.1. The Hall–Kier alpha value is -2.96. The summed E-state index contributed by atoms with van der Waals surface area (Å²) in [7, 11) is 1.64. The predicted octanol–water partition coefficient (Wildman–Crippen LogP) is 1.25. The molecular weight excluding hydrogens is 296 g/mol. The molecule has 2 aromatic rings. The number of nitrogens with one attached hydrogen (secondary N) is 2. The van der Waals surface area contributed by atoms with Crippen LogP contribution in [0.4, 0.5) is 5.95 Å². The number of amides is 1. The number of carbonyl (C=O) groups is 2. The lowest BCUT2D eigenvalue weighted by molar-refractivity contribution is -0.139. The Labute approximate surface area is 133 Å². The Morgan fingerprint density at radius 1 is 1.22 bits per heavy atom. The van der Waals surface area contributed by atoms with Gasteiger partial charge in [0.05, 0.1) is 0 Å². The Balaban J connectivity index is 2.15. The van der Waals surface area contributed by atoms with Crippen LogP contribution in [0.5, 0.6) is 0 Å². The molecule has 0 saturated heterocycles. The van der Waals surface area contributed by atoms with Gasteiger partial charge in [0.1, 0.15) is 11.7 Å². The van der Waals surface area contributed by atoms with E-state index in [1.54, 1.807) is 14.0 Å². The van der Waals surface area contributed by atoms with Crippen molar-refractivity contribution in [1.29, 1.82) is 0 Å². The zero-order valence-corrected chi connectivity index (χ0v) is 12.9. The maximum Gasteiger partial charge on any atom is 0.326 e. The summed E-state index contributed by atoms with van der Waals surface area (Å²) < 4.78 is 0. The third kappa shape index (κ3) is 4.50. The van der Waals surface area contributed by atoms with Crippen LogP contribution < -0.4 is 10.6 Å². The molecule has 0 unspecified atom stereocenters. The van der Waals surface area contributed by atoms with Gasteiger partial charge in [-0.3, -0.25) is 4.79 Å². The average Bonchev–Trinajstić information content (AvgIpc) is 2.54. The topological polar surface area (TPSA) is 104 Å². The molecule has 1 atom stereocenters. The SMILES string of the molecule is CNc1nc(C)cc(C(=O)N[C@H](Cc2ccccc2)C(=O)O)n1. The smallest absolute Gasteiger partial charge is 0.326 e. The highest BCUT2D eigenvalue weighted by Gasteiger charge is 2.22. The molecule has 120 valence electrons. The lowest BCUT2D eigenvalue weighted by Gasteiger charge is -2.14. The molecular formula is C16H18N4O3. The average molecular weight is 314 g/mol. The molecule has 1 heterocycles. The van der Waals surface area contributed by atoms with E-state index in [2.05, 4.69) is 20.6 Å². The molecule has 2 rings (SSSR count). The highest BCUT2D eigenvalue weighted by atomic mass is 16.4. The van der Waals surface area contributed by atoms with Crippen molar-refractivity contribution < 1.29 is 14.7 Å². The van der Waals surface area contributed by atoms with E-state index in [9.17, 15) is 14.7 Å². The first-order chi connectivity index (χ1) is 11.0. The summed E-state index contributed by atoms with van der Waals surface area (Å²) in [5.41, 5.74) is 1.57. The largest absolute Gasteiger partial charge is 0.480 e. The van der Waals surface area contributed by atoms with Crippen molar-refractivity contribution in [2.75, 3.05) is 12.4 Å². The second-order valence-electron chi connectivity index (χ2n) is 5.02. The number of carboxylic acids is 1. The Kier molecular flexibility index (Phi) is 5.24. The van der Waals surface area contributed by atoms with E-state index in [0.29, 0.717) is 11.6 Å². The van der Waals surface area contributed by atoms with Crippen LogP contribution in [0.1, 0.15) is 21.7 Å². The summed E-state index contributed by atoms with van der Waals surface area (Å²) in [4.78, 5) is 31.8. The number of hydrogen-bond donors (Lipinski definition) is 3. The van der Waals surface area contributed by atoms with Gasteiger partial charge in [-0.2, -0.15) is 0 Å². The molecule has 23 heavy (non-hydrogen) atoms.